The minimum Gasteiger partial charge on any atom is -0.395 e. The maximum atomic E-state index is 12.3. The second-order valence-electron chi connectivity index (χ2n) is 5.39. The molecule has 80 valence electrons. The van der Waals surface area contributed by atoms with E-state index in [9.17, 15) is 9.90 Å². The second-order valence-corrected chi connectivity index (χ2v) is 5.39. The Morgan fingerprint density at radius 2 is 2.33 bits per heavy atom. The Hall–Kier alpha value is -0.670. The third-order valence-electron chi connectivity index (χ3n) is 5.00. The Morgan fingerprint density at radius 3 is 3.13 bits per heavy atom. The predicted octanol–water partition coefficient (Wildman–Crippen LogP) is 0.527. The van der Waals surface area contributed by atoms with E-state index in [0.29, 0.717) is 11.8 Å². The fourth-order valence-electron chi connectivity index (χ4n) is 4.20. The molecule has 1 aliphatic heterocycles. The number of Topliss-reactive ketones (excluding diaryl/α,β-unsaturated/α-hetero) is 1. The molecule has 6 atom stereocenters. The van der Waals surface area contributed by atoms with Crippen molar-refractivity contribution in [2.75, 3.05) is 6.61 Å². The summed E-state index contributed by atoms with van der Waals surface area (Å²) in [6.45, 7) is 0.00852. The van der Waals surface area contributed by atoms with Crippen LogP contribution in [0.4, 0.5) is 0 Å². The monoisotopic (exact) mass is 206 g/mol. The van der Waals surface area contributed by atoms with E-state index in [1.54, 1.807) is 0 Å². The van der Waals surface area contributed by atoms with Crippen LogP contribution in [0.25, 0.3) is 0 Å². The quantitative estimate of drug-likeness (QED) is 0.503. The SMILES string of the molecule is O=C1[C@@H]2O[C@@H]2C[C@H]2[C@H]3C=C[C@H](C3)[C@@]12CO. The summed E-state index contributed by atoms with van der Waals surface area (Å²) in [6.07, 6.45) is 6.41. The highest BCUT2D eigenvalue weighted by atomic mass is 16.6. The Bertz CT molecular complexity index is 375. The summed E-state index contributed by atoms with van der Waals surface area (Å²) in [6, 6.07) is 0. The van der Waals surface area contributed by atoms with Crippen LogP contribution in [0, 0.1) is 23.2 Å². The molecular weight excluding hydrogens is 192 g/mol. The fraction of sp³-hybridized carbons (Fsp3) is 0.750. The van der Waals surface area contributed by atoms with Crippen molar-refractivity contribution in [3.05, 3.63) is 12.2 Å². The Labute approximate surface area is 88.1 Å². The lowest BCUT2D eigenvalue weighted by Crippen LogP contribution is -2.50. The number of aliphatic hydroxyl groups excluding tert-OH is 1. The van der Waals surface area contributed by atoms with Crippen molar-refractivity contribution in [2.45, 2.75) is 25.0 Å². The summed E-state index contributed by atoms with van der Waals surface area (Å²) in [5.41, 5.74) is -0.475. The number of epoxide rings is 1. The molecule has 0 aromatic rings. The van der Waals surface area contributed by atoms with Crippen LogP contribution >= 0.6 is 0 Å². The molecule has 0 spiro atoms. The van der Waals surface area contributed by atoms with Crippen molar-refractivity contribution in [2.24, 2.45) is 23.2 Å². The molecule has 0 aromatic heterocycles. The molecule has 2 saturated carbocycles. The molecule has 0 radical (unpaired) electrons. The number of allylic oxidation sites excluding steroid dienone is 2. The number of rotatable bonds is 1. The van der Waals surface area contributed by atoms with Crippen LogP contribution < -0.4 is 0 Å². The van der Waals surface area contributed by atoms with Crippen LogP contribution in [0.2, 0.25) is 0 Å². The largest absolute Gasteiger partial charge is 0.395 e. The van der Waals surface area contributed by atoms with Gasteiger partial charge in [-0.15, -0.1) is 0 Å². The van der Waals surface area contributed by atoms with Crippen molar-refractivity contribution < 1.29 is 14.6 Å². The van der Waals surface area contributed by atoms with E-state index in [1.165, 1.54) is 0 Å². The highest BCUT2D eigenvalue weighted by Gasteiger charge is 2.69. The zero-order valence-corrected chi connectivity index (χ0v) is 8.43. The molecule has 4 aliphatic rings. The molecule has 4 rings (SSSR count). The highest BCUT2D eigenvalue weighted by molar-refractivity contribution is 5.94. The standard InChI is InChI=1S/C12H14O3/c13-5-12-7-2-1-6(3-7)8(12)4-9-10(15-9)11(12)14/h1-2,6-10,13H,3-5H2/t6-,7+,8-,9+,10+,12+/m0/s1. The molecule has 0 unspecified atom stereocenters. The van der Waals surface area contributed by atoms with E-state index in [1.807, 2.05) is 0 Å². The lowest BCUT2D eigenvalue weighted by molar-refractivity contribution is -0.139. The molecule has 3 nitrogen and oxygen atoms in total. The number of hydrogen-bond acceptors (Lipinski definition) is 3. The van der Waals surface area contributed by atoms with E-state index in [-0.39, 0.29) is 30.5 Å². The highest BCUT2D eigenvalue weighted by Crippen LogP contribution is 2.63. The van der Waals surface area contributed by atoms with Gasteiger partial charge in [0.25, 0.3) is 0 Å². The van der Waals surface area contributed by atoms with Crippen LogP contribution in [0.1, 0.15) is 12.8 Å². The molecule has 2 bridgehead atoms. The normalized spacial score (nSPS) is 59.3. The van der Waals surface area contributed by atoms with Gasteiger partial charge in [-0.05, 0) is 30.6 Å². The van der Waals surface area contributed by atoms with Gasteiger partial charge >= 0.3 is 0 Å². The van der Waals surface area contributed by atoms with E-state index in [4.69, 9.17) is 4.74 Å². The average molecular weight is 206 g/mol. The molecular formula is C12H14O3. The molecule has 1 N–H and O–H groups in total. The molecule has 3 aliphatic carbocycles. The number of hydrogen-bond donors (Lipinski definition) is 1. The van der Waals surface area contributed by atoms with Gasteiger partial charge in [-0.25, -0.2) is 0 Å². The number of carbonyl (C=O) groups excluding carboxylic acids is 1. The lowest BCUT2D eigenvalue weighted by atomic mass is 9.61. The van der Waals surface area contributed by atoms with Crippen molar-refractivity contribution >= 4 is 5.78 Å². The number of fused-ring (bicyclic) bond motifs is 6. The van der Waals surface area contributed by atoms with Gasteiger partial charge in [0.1, 0.15) is 6.10 Å². The maximum Gasteiger partial charge on any atom is 0.173 e. The van der Waals surface area contributed by atoms with Crippen molar-refractivity contribution in [3.8, 4) is 0 Å². The summed E-state index contributed by atoms with van der Waals surface area (Å²) < 4.78 is 5.39. The third kappa shape index (κ3) is 0.764. The van der Waals surface area contributed by atoms with Gasteiger partial charge in [0.05, 0.1) is 18.1 Å². The molecule has 3 fully saturated rings. The first kappa shape index (κ1) is 8.48. The molecule has 1 heterocycles. The van der Waals surface area contributed by atoms with Crippen LogP contribution in [0.5, 0.6) is 0 Å². The summed E-state index contributed by atoms with van der Waals surface area (Å²) in [4.78, 5) is 12.3. The first-order valence-electron chi connectivity index (χ1n) is 5.76. The number of ketones is 1. The average Bonchev–Trinajstić information content (AvgIpc) is 2.77. The fourth-order valence-corrected chi connectivity index (χ4v) is 4.20. The maximum absolute atomic E-state index is 12.3. The molecule has 0 aromatic carbocycles. The predicted molar refractivity (Wildman–Crippen MR) is 52.0 cm³/mol. The number of ether oxygens (including phenoxy) is 1. The van der Waals surface area contributed by atoms with E-state index in [2.05, 4.69) is 12.2 Å². The summed E-state index contributed by atoms with van der Waals surface area (Å²) in [5, 5.41) is 9.67. The van der Waals surface area contributed by atoms with Crippen LogP contribution in [-0.2, 0) is 9.53 Å². The van der Waals surface area contributed by atoms with Gasteiger partial charge in [-0.3, -0.25) is 4.79 Å². The van der Waals surface area contributed by atoms with Crippen LogP contribution in [-0.4, -0.2) is 29.7 Å². The third-order valence-corrected chi connectivity index (χ3v) is 5.00. The summed E-state index contributed by atoms with van der Waals surface area (Å²) in [7, 11) is 0. The Morgan fingerprint density at radius 1 is 1.47 bits per heavy atom. The number of carbonyl (C=O) groups is 1. The van der Waals surface area contributed by atoms with Gasteiger partial charge in [0, 0.05) is 0 Å². The van der Waals surface area contributed by atoms with Gasteiger partial charge in [-0.1, -0.05) is 12.2 Å². The smallest absolute Gasteiger partial charge is 0.173 e. The van der Waals surface area contributed by atoms with Gasteiger partial charge in [0.2, 0.25) is 0 Å². The zero-order chi connectivity index (χ0) is 10.2. The Balaban J connectivity index is 1.85. The minimum absolute atomic E-state index is 0.00852. The lowest BCUT2D eigenvalue weighted by Gasteiger charge is -2.40. The van der Waals surface area contributed by atoms with E-state index >= 15 is 0 Å². The molecule has 15 heavy (non-hydrogen) atoms. The van der Waals surface area contributed by atoms with E-state index < -0.39 is 5.41 Å². The second kappa shape index (κ2) is 2.36. The van der Waals surface area contributed by atoms with Gasteiger partial charge < -0.3 is 9.84 Å². The summed E-state index contributed by atoms with van der Waals surface area (Å²) in [5.74, 6) is 1.31. The summed E-state index contributed by atoms with van der Waals surface area (Å²) >= 11 is 0. The first-order valence-corrected chi connectivity index (χ1v) is 5.76. The van der Waals surface area contributed by atoms with Crippen molar-refractivity contribution in [1.29, 1.82) is 0 Å². The van der Waals surface area contributed by atoms with Crippen molar-refractivity contribution in [1.82, 2.24) is 0 Å². The van der Waals surface area contributed by atoms with E-state index in [0.717, 1.165) is 12.8 Å². The number of aliphatic hydroxyl groups is 1. The molecule has 1 saturated heterocycles. The zero-order valence-electron chi connectivity index (χ0n) is 8.43. The minimum atomic E-state index is -0.475. The van der Waals surface area contributed by atoms with Crippen LogP contribution in [0.15, 0.2) is 12.2 Å². The molecule has 0 amide bonds. The van der Waals surface area contributed by atoms with Gasteiger partial charge in [-0.2, -0.15) is 0 Å². The van der Waals surface area contributed by atoms with Crippen molar-refractivity contribution in [3.63, 3.8) is 0 Å². The topological polar surface area (TPSA) is 49.8 Å². The van der Waals surface area contributed by atoms with Gasteiger partial charge in [0.15, 0.2) is 5.78 Å². The Kier molecular flexibility index (Phi) is 1.33. The first-order chi connectivity index (χ1) is 7.27. The molecule has 3 heteroatoms. The van der Waals surface area contributed by atoms with Crippen LogP contribution in [0.3, 0.4) is 0 Å².